The first-order valence-electron chi connectivity index (χ1n) is 4.70. The van der Waals surface area contributed by atoms with Gasteiger partial charge in [0.1, 0.15) is 13.2 Å². The van der Waals surface area contributed by atoms with Crippen LogP contribution in [0.25, 0.3) is 0 Å². The molecule has 0 aromatic rings. The smallest absolute Gasteiger partial charge is 0.407 e. The van der Waals surface area contributed by atoms with Crippen molar-refractivity contribution in [1.82, 2.24) is 5.32 Å². The summed E-state index contributed by atoms with van der Waals surface area (Å²) in [5, 5.41) is 2.57. The van der Waals surface area contributed by atoms with E-state index < -0.39 is 6.09 Å². The number of alkyl carbamates (subject to hydrolysis) is 1. The zero-order chi connectivity index (χ0) is 10.8. The number of esters is 1. The lowest BCUT2D eigenvalue weighted by Crippen LogP contribution is -2.26. The molecule has 5 nitrogen and oxygen atoms in total. The molecule has 0 heterocycles. The second-order valence-corrected chi connectivity index (χ2v) is 2.76. The third-order valence-electron chi connectivity index (χ3n) is 1.42. The molecule has 0 aromatic heterocycles. The van der Waals surface area contributed by atoms with Gasteiger partial charge in [-0.25, -0.2) is 4.79 Å². The monoisotopic (exact) mass is 203 g/mol. The molecule has 82 valence electrons. The van der Waals surface area contributed by atoms with E-state index in [1.165, 1.54) is 6.92 Å². The van der Waals surface area contributed by atoms with Gasteiger partial charge in [0, 0.05) is 13.5 Å². The van der Waals surface area contributed by atoms with Crippen LogP contribution in [0.4, 0.5) is 4.79 Å². The van der Waals surface area contributed by atoms with Crippen LogP contribution in [0.15, 0.2) is 0 Å². The van der Waals surface area contributed by atoms with Gasteiger partial charge in [-0.1, -0.05) is 13.3 Å². The summed E-state index contributed by atoms with van der Waals surface area (Å²) in [6.45, 7) is 4.16. The van der Waals surface area contributed by atoms with Crippen molar-refractivity contribution in [2.75, 3.05) is 19.8 Å². The van der Waals surface area contributed by atoms with Crippen LogP contribution in [0, 0.1) is 0 Å². The van der Waals surface area contributed by atoms with Crippen LogP contribution in [0.2, 0.25) is 0 Å². The zero-order valence-corrected chi connectivity index (χ0v) is 8.67. The molecule has 0 unspecified atom stereocenters. The first kappa shape index (κ1) is 12.7. The van der Waals surface area contributed by atoms with Crippen molar-refractivity contribution in [2.45, 2.75) is 26.7 Å². The second kappa shape index (κ2) is 8.34. The molecule has 14 heavy (non-hydrogen) atoms. The van der Waals surface area contributed by atoms with Gasteiger partial charge in [-0.05, 0) is 6.42 Å². The molecule has 1 N–H and O–H groups in total. The molecule has 0 aliphatic heterocycles. The minimum Gasteiger partial charge on any atom is -0.462 e. The first-order valence-corrected chi connectivity index (χ1v) is 4.70. The van der Waals surface area contributed by atoms with Gasteiger partial charge >= 0.3 is 12.1 Å². The van der Waals surface area contributed by atoms with E-state index in [1.54, 1.807) is 0 Å². The lowest BCUT2D eigenvalue weighted by molar-refractivity contribution is -0.141. The molecular formula is C9H17NO4. The van der Waals surface area contributed by atoms with E-state index in [0.29, 0.717) is 6.54 Å². The van der Waals surface area contributed by atoms with Crippen molar-refractivity contribution in [1.29, 1.82) is 0 Å². The van der Waals surface area contributed by atoms with E-state index in [4.69, 9.17) is 4.74 Å². The Kier molecular flexibility index (Phi) is 7.59. The molecule has 0 bridgehead atoms. The SMILES string of the molecule is CCCCNC(=O)OCCOC(C)=O. The quantitative estimate of drug-likeness (QED) is 0.518. The Balaban J connectivity index is 3.22. The molecule has 0 rings (SSSR count). The molecule has 0 aliphatic rings. The molecule has 0 saturated carbocycles. The Morgan fingerprint density at radius 3 is 2.43 bits per heavy atom. The minimum atomic E-state index is -0.467. The Labute approximate surface area is 83.8 Å². The standard InChI is InChI=1S/C9H17NO4/c1-3-4-5-10-9(12)14-7-6-13-8(2)11/h3-7H2,1-2H3,(H,10,12). The number of amides is 1. The number of hydrogen-bond donors (Lipinski definition) is 1. The van der Waals surface area contributed by atoms with Crippen molar-refractivity contribution in [3.05, 3.63) is 0 Å². The van der Waals surface area contributed by atoms with E-state index in [1.807, 2.05) is 6.92 Å². The highest BCUT2D eigenvalue weighted by atomic mass is 16.6. The van der Waals surface area contributed by atoms with Crippen LogP contribution in [0.3, 0.4) is 0 Å². The normalized spacial score (nSPS) is 9.29. The van der Waals surface area contributed by atoms with Crippen molar-refractivity contribution in [3.8, 4) is 0 Å². The van der Waals surface area contributed by atoms with Gasteiger partial charge in [-0.15, -0.1) is 0 Å². The van der Waals surface area contributed by atoms with Crippen LogP contribution in [-0.2, 0) is 14.3 Å². The van der Waals surface area contributed by atoms with E-state index in [0.717, 1.165) is 12.8 Å². The van der Waals surface area contributed by atoms with Crippen LogP contribution in [-0.4, -0.2) is 31.8 Å². The summed E-state index contributed by atoms with van der Waals surface area (Å²) < 4.78 is 9.29. The van der Waals surface area contributed by atoms with Crippen LogP contribution < -0.4 is 5.32 Å². The van der Waals surface area contributed by atoms with Gasteiger partial charge in [0.15, 0.2) is 0 Å². The molecule has 0 radical (unpaired) electrons. The highest BCUT2D eigenvalue weighted by molar-refractivity contribution is 5.67. The number of hydrogen-bond acceptors (Lipinski definition) is 4. The van der Waals surface area contributed by atoms with Gasteiger partial charge in [0.05, 0.1) is 0 Å². The minimum absolute atomic E-state index is 0.0948. The average molecular weight is 203 g/mol. The van der Waals surface area contributed by atoms with Crippen molar-refractivity contribution >= 4 is 12.1 Å². The molecule has 0 saturated heterocycles. The maximum absolute atomic E-state index is 10.9. The first-order chi connectivity index (χ1) is 6.66. The van der Waals surface area contributed by atoms with Crippen LogP contribution in [0.1, 0.15) is 26.7 Å². The topological polar surface area (TPSA) is 64.6 Å². The highest BCUT2D eigenvalue weighted by Gasteiger charge is 2.00. The summed E-state index contributed by atoms with van der Waals surface area (Å²) in [7, 11) is 0. The van der Waals surface area contributed by atoms with Crippen molar-refractivity contribution in [3.63, 3.8) is 0 Å². The number of unbranched alkanes of at least 4 members (excludes halogenated alkanes) is 1. The van der Waals surface area contributed by atoms with E-state index in [-0.39, 0.29) is 19.2 Å². The predicted octanol–water partition coefficient (Wildman–Crippen LogP) is 1.08. The highest BCUT2D eigenvalue weighted by Crippen LogP contribution is 1.85. The molecule has 0 spiro atoms. The van der Waals surface area contributed by atoms with Gasteiger partial charge in [0.25, 0.3) is 0 Å². The third-order valence-corrected chi connectivity index (χ3v) is 1.42. The number of nitrogens with one attached hydrogen (secondary N) is 1. The fourth-order valence-corrected chi connectivity index (χ4v) is 0.738. The number of carbonyl (C=O) groups is 2. The van der Waals surface area contributed by atoms with E-state index in [9.17, 15) is 9.59 Å². The number of carbonyl (C=O) groups excluding carboxylic acids is 2. The summed E-state index contributed by atoms with van der Waals surface area (Å²) in [5.41, 5.74) is 0. The number of rotatable bonds is 6. The fraction of sp³-hybridized carbons (Fsp3) is 0.778. The maximum Gasteiger partial charge on any atom is 0.407 e. The summed E-state index contributed by atoms with van der Waals surface area (Å²) >= 11 is 0. The van der Waals surface area contributed by atoms with Crippen LogP contribution in [0.5, 0.6) is 0 Å². The maximum atomic E-state index is 10.9. The predicted molar refractivity (Wildman–Crippen MR) is 50.9 cm³/mol. The molecule has 5 heteroatoms. The van der Waals surface area contributed by atoms with Crippen molar-refractivity contribution < 1.29 is 19.1 Å². The van der Waals surface area contributed by atoms with Crippen molar-refractivity contribution in [2.24, 2.45) is 0 Å². The molecular weight excluding hydrogens is 186 g/mol. The van der Waals surface area contributed by atoms with Gasteiger partial charge in [-0.2, -0.15) is 0 Å². The molecule has 0 aromatic carbocycles. The Hall–Kier alpha value is -1.26. The lowest BCUT2D eigenvalue weighted by atomic mass is 10.3. The largest absolute Gasteiger partial charge is 0.462 e. The van der Waals surface area contributed by atoms with Gasteiger partial charge in [0.2, 0.25) is 0 Å². The summed E-state index contributed by atoms with van der Waals surface area (Å²) in [6, 6.07) is 0. The molecule has 0 fully saturated rings. The third kappa shape index (κ3) is 8.83. The van der Waals surface area contributed by atoms with Gasteiger partial charge < -0.3 is 14.8 Å². The average Bonchev–Trinajstić information content (AvgIpc) is 2.13. The summed E-state index contributed by atoms with van der Waals surface area (Å²) in [6.07, 6.45) is 1.48. The van der Waals surface area contributed by atoms with E-state index >= 15 is 0 Å². The fourth-order valence-electron chi connectivity index (χ4n) is 0.738. The van der Waals surface area contributed by atoms with E-state index in [2.05, 4.69) is 10.1 Å². The van der Waals surface area contributed by atoms with Crippen LogP contribution >= 0.6 is 0 Å². The number of ether oxygens (including phenoxy) is 2. The molecule has 1 amide bonds. The summed E-state index contributed by atoms with van der Waals surface area (Å²) in [4.78, 5) is 21.2. The molecule has 0 aliphatic carbocycles. The Morgan fingerprint density at radius 1 is 1.21 bits per heavy atom. The Morgan fingerprint density at radius 2 is 1.86 bits per heavy atom. The second-order valence-electron chi connectivity index (χ2n) is 2.76. The van der Waals surface area contributed by atoms with Gasteiger partial charge in [-0.3, -0.25) is 4.79 Å². The Bertz CT molecular complexity index is 182. The lowest BCUT2D eigenvalue weighted by Gasteiger charge is -2.06. The summed E-state index contributed by atoms with van der Waals surface area (Å²) in [5.74, 6) is -0.375. The zero-order valence-electron chi connectivity index (χ0n) is 8.67. The molecule has 0 atom stereocenters.